The third kappa shape index (κ3) is 10.2. The molecule has 8 rings (SSSR count). The monoisotopic (exact) mass is 946 g/mol. The molecule has 4 aromatic rings. The van der Waals surface area contributed by atoms with E-state index in [1.165, 1.54) is 33.6 Å². The standard InChI is InChI=1S/C47H55ClN6O9S2/c1-30(64-65-41-15-8-9-17-49-41)29-62-47(59)54-36-25-40(39(60-3)24-34(36)44(56)52-18-11-14-35(52)45(54)57)61-23-10-4-5-16-42(55)53-28-31(27-48)43-33-13-7-6-12-32(33)38(26-37(43)53)63-46(58)51-21-19-50(2)20-22-51/h6-9,12-13,15,17,24-26,30-31,35,45,57H,4-5,10-11,14,16,18-23,27-29H2,1-3H3. The summed E-state index contributed by atoms with van der Waals surface area (Å²) in [5.74, 6) is 0.928. The van der Waals surface area contributed by atoms with E-state index < -0.39 is 24.5 Å². The van der Waals surface area contributed by atoms with Gasteiger partial charge >= 0.3 is 12.2 Å². The summed E-state index contributed by atoms with van der Waals surface area (Å²) in [5.41, 5.74) is 2.08. The van der Waals surface area contributed by atoms with Crippen molar-refractivity contribution in [3.05, 3.63) is 78.0 Å². The van der Waals surface area contributed by atoms with Crippen LogP contribution >= 0.6 is 33.2 Å². The van der Waals surface area contributed by atoms with Crippen molar-refractivity contribution in [2.75, 3.05) is 82.3 Å². The van der Waals surface area contributed by atoms with E-state index in [-0.39, 0.29) is 53.9 Å². The van der Waals surface area contributed by atoms with Crippen molar-refractivity contribution in [2.45, 2.75) is 73.9 Å². The maximum absolute atomic E-state index is 13.9. The third-order valence-corrected chi connectivity index (χ3v) is 15.5. The van der Waals surface area contributed by atoms with Crippen LogP contribution in [0.15, 0.2) is 71.9 Å². The van der Waals surface area contributed by atoms with Crippen molar-refractivity contribution in [3.63, 3.8) is 0 Å². The first-order valence-corrected chi connectivity index (χ1v) is 24.9. The maximum Gasteiger partial charge on any atom is 0.416 e. The van der Waals surface area contributed by atoms with Gasteiger partial charge in [0.25, 0.3) is 5.91 Å². The van der Waals surface area contributed by atoms with Gasteiger partial charge in [-0.1, -0.05) is 41.1 Å². The Balaban J connectivity index is 0.908. The molecule has 4 aliphatic rings. The number of fused-ring (bicyclic) bond motifs is 5. The van der Waals surface area contributed by atoms with Gasteiger partial charge in [0.2, 0.25) is 5.91 Å². The lowest BCUT2D eigenvalue weighted by molar-refractivity contribution is -0.118. The zero-order valence-electron chi connectivity index (χ0n) is 36.9. The van der Waals surface area contributed by atoms with Gasteiger partial charge in [0, 0.05) is 86.5 Å². The Morgan fingerprint density at radius 1 is 0.923 bits per heavy atom. The number of amides is 4. The summed E-state index contributed by atoms with van der Waals surface area (Å²) in [7, 11) is 6.51. The first kappa shape index (κ1) is 46.6. The Bertz CT molecular complexity index is 2370. The van der Waals surface area contributed by atoms with Crippen LogP contribution in [0.1, 0.15) is 67.3 Å². The van der Waals surface area contributed by atoms with Crippen molar-refractivity contribution in [1.82, 2.24) is 19.7 Å². The van der Waals surface area contributed by atoms with Gasteiger partial charge in [-0.05, 0) is 86.0 Å². The highest BCUT2D eigenvalue weighted by Crippen LogP contribution is 2.46. The molecule has 15 nitrogen and oxygen atoms in total. The number of alkyl halides is 1. The van der Waals surface area contributed by atoms with E-state index in [0.29, 0.717) is 87.1 Å². The Kier molecular flexibility index (Phi) is 15.1. The summed E-state index contributed by atoms with van der Waals surface area (Å²) in [5, 5.41) is 14.2. The van der Waals surface area contributed by atoms with Crippen LogP contribution < -0.4 is 24.0 Å². The van der Waals surface area contributed by atoms with Crippen LogP contribution in [0.25, 0.3) is 10.8 Å². The molecule has 2 fully saturated rings. The molecule has 4 unspecified atom stereocenters. The molecular formula is C47H55ClN6O9S2. The lowest BCUT2D eigenvalue weighted by Crippen LogP contribution is -2.51. The SMILES string of the molecule is COc1cc2c(cc1OCCCCCC(=O)N1CC(CCl)c3c1cc(OC(=O)N1CCN(C)CC1)c1ccccc31)N(C(=O)OCC(C)SSc1ccccn1)C(O)C1CCCN1C2=O. The molecule has 1 aromatic heterocycles. The molecule has 4 amide bonds. The van der Waals surface area contributed by atoms with Gasteiger partial charge in [-0.15, -0.1) is 11.6 Å². The number of likely N-dealkylation sites (N-methyl/N-ethyl adjacent to an activating group) is 1. The molecular weight excluding hydrogens is 892 g/mol. The van der Waals surface area contributed by atoms with Crippen LogP contribution in [-0.2, 0) is 9.53 Å². The average molecular weight is 948 g/mol. The second kappa shape index (κ2) is 21.1. The molecule has 346 valence electrons. The van der Waals surface area contributed by atoms with E-state index in [0.717, 1.165) is 34.5 Å². The number of hydrogen-bond donors (Lipinski definition) is 1. The molecule has 2 saturated heterocycles. The number of ether oxygens (including phenoxy) is 4. The van der Waals surface area contributed by atoms with Gasteiger partial charge < -0.3 is 43.7 Å². The number of nitrogens with zero attached hydrogens (tertiary/aromatic N) is 6. The van der Waals surface area contributed by atoms with Gasteiger partial charge in [-0.3, -0.25) is 9.59 Å². The Morgan fingerprint density at radius 3 is 2.45 bits per heavy atom. The molecule has 0 saturated carbocycles. The normalized spacial score (nSPS) is 20.0. The number of aliphatic hydroxyl groups excluding tert-OH is 1. The summed E-state index contributed by atoms with van der Waals surface area (Å²) < 4.78 is 23.7. The Morgan fingerprint density at radius 2 is 1.69 bits per heavy atom. The fraction of sp³-hybridized carbons (Fsp3) is 0.468. The molecule has 0 aliphatic carbocycles. The van der Waals surface area contributed by atoms with Crippen molar-refractivity contribution >= 4 is 79.3 Å². The van der Waals surface area contributed by atoms with Crippen LogP contribution in [-0.4, -0.2) is 139 Å². The summed E-state index contributed by atoms with van der Waals surface area (Å²) in [4.78, 5) is 67.8. The number of benzene rings is 3. The summed E-state index contributed by atoms with van der Waals surface area (Å²) in [6, 6.07) is 17.8. The van der Waals surface area contributed by atoms with Crippen molar-refractivity contribution in [3.8, 4) is 17.2 Å². The highest BCUT2D eigenvalue weighted by molar-refractivity contribution is 8.76. The molecule has 4 atom stereocenters. The number of carbonyl (C=O) groups is 4. The lowest BCUT2D eigenvalue weighted by Gasteiger charge is -2.32. The number of aromatic nitrogens is 1. The van der Waals surface area contributed by atoms with E-state index in [9.17, 15) is 24.3 Å². The predicted molar refractivity (Wildman–Crippen MR) is 253 cm³/mol. The zero-order chi connectivity index (χ0) is 45.6. The van der Waals surface area contributed by atoms with Crippen molar-refractivity contribution in [1.29, 1.82) is 0 Å². The van der Waals surface area contributed by atoms with E-state index in [2.05, 4.69) is 9.88 Å². The minimum atomic E-state index is -1.34. The molecule has 18 heteroatoms. The van der Waals surface area contributed by atoms with E-state index in [4.69, 9.17) is 30.5 Å². The van der Waals surface area contributed by atoms with Gasteiger partial charge in [-0.2, -0.15) is 0 Å². The van der Waals surface area contributed by atoms with E-state index >= 15 is 0 Å². The van der Waals surface area contributed by atoms with Gasteiger partial charge in [-0.25, -0.2) is 19.5 Å². The van der Waals surface area contributed by atoms with Crippen LogP contribution in [0.4, 0.5) is 21.0 Å². The highest BCUT2D eigenvalue weighted by Gasteiger charge is 2.45. The van der Waals surface area contributed by atoms with Gasteiger partial charge in [0.15, 0.2) is 17.7 Å². The quantitative estimate of drug-likeness (QED) is 0.0696. The lowest BCUT2D eigenvalue weighted by atomic mass is 9.95. The van der Waals surface area contributed by atoms with Crippen molar-refractivity contribution < 1.29 is 43.2 Å². The summed E-state index contributed by atoms with van der Waals surface area (Å²) in [6.07, 6.45) is 2.57. The minimum Gasteiger partial charge on any atom is -0.493 e. The minimum absolute atomic E-state index is 0.0468. The molecule has 4 aliphatic heterocycles. The fourth-order valence-electron chi connectivity index (χ4n) is 8.92. The summed E-state index contributed by atoms with van der Waals surface area (Å²) in [6.45, 7) is 5.84. The number of pyridine rings is 1. The number of unbranched alkanes of at least 4 members (excludes halogenated alkanes) is 2. The number of aliphatic hydroxyl groups is 1. The molecule has 0 spiro atoms. The van der Waals surface area contributed by atoms with Gasteiger partial charge in [0.1, 0.15) is 17.4 Å². The number of carbonyl (C=O) groups excluding carboxylic acids is 4. The number of hydrogen-bond acceptors (Lipinski definition) is 13. The van der Waals surface area contributed by atoms with Crippen LogP contribution in [0.2, 0.25) is 0 Å². The first-order valence-electron chi connectivity index (χ1n) is 22.2. The average Bonchev–Trinajstić information content (AvgIpc) is 3.96. The number of methoxy groups -OCH3 is 1. The first-order chi connectivity index (χ1) is 31.6. The Labute approximate surface area is 392 Å². The molecule has 5 heterocycles. The molecule has 3 aromatic carbocycles. The van der Waals surface area contributed by atoms with Crippen LogP contribution in [0, 0.1) is 0 Å². The number of halogens is 1. The second-order valence-corrected chi connectivity index (χ2v) is 19.7. The molecule has 0 radical (unpaired) electrons. The fourth-order valence-corrected chi connectivity index (χ4v) is 11.0. The summed E-state index contributed by atoms with van der Waals surface area (Å²) >= 11 is 6.52. The largest absolute Gasteiger partial charge is 0.493 e. The van der Waals surface area contributed by atoms with Crippen LogP contribution in [0.3, 0.4) is 0 Å². The molecule has 65 heavy (non-hydrogen) atoms. The third-order valence-electron chi connectivity index (χ3n) is 12.4. The maximum atomic E-state index is 13.9. The van der Waals surface area contributed by atoms with Crippen molar-refractivity contribution in [2.24, 2.45) is 0 Å². The number of rotatable bonds is 15. The van der Waals surface area contributed by atoms with Gasteiger partial charge in [0.05, 0.1) is 36.7 Å². The number of piperazine rings is 1. The van der Waals surface area contributed by atoms with E-state index in [1.807, 2.05) is 62.5 Å². The zero-order valence-corrected chi connectivity index (χ0v) is 39.2. The smallest absolute Gasteiger partial charge is 0.416 e. The second-order valence-electron chi connectivity index (χ2n) is 16.8. The topological polar surface area (TPSA) is 155 Å². The van der Waals surface area contributed by atoms with Crippen LogP contribution in [0.5, 0.6) is 17.2 Å². The molecule has 0 bridgehead atoms. The highest BCUT2D eigenvalue weighted by atomic mass is 35.5. The van der Waals surface area contributed by atoms with E-state index in [1.54, 1.807) is 33.0 Å². The molecule has 1 N–H and O–H groups in total. The Hall–Kier alpha value is -4.94. The number of anilines is 2. The predicted octanol–water partition coefficient (Wildman–Crippen LogP) is 8.01.